The topological polar surface area (TPSA) is 61.7 Å². The Kier molecular flexibility index (Phi) is 4.64. The summed E-state index contributed by atoms with van der Waals surface area (Å²) in [6.45, 7) is 0. The molecule has 23 heavy (non-hydrogen) atoms. The number of thioether (sulfide) groups is 1. The van der Waals surface area contributed by atoms with Gasteiger partial charge in [0, 0.05) is 17.4 Å². The largest absolute Gasteiger partial charge is 0.465 e. The van der Waals surface area contributed by atoms with Crippen LogP contribution in [0.5, 0.6) is 0 Å². The van der Waals surface area contributed by atoms with E-state index >= 15 is 0 Å². The molecular formula is C15H15BrF2N2O2S. The number of hydrogen-bond acceptors (Lipinski definition) is 3. The zero-order valence-electron chi connectivity index (χ0n) is 12.1. The van der Waals surface area contributed by atoms with Crippen molar-refractivity contribution in [3.05, 3.63) is 33.8 Å². The van der Waals surface area contributed by atoms with Crippen molar-refractivity contribution >= 4 is 39.0 Å². The van der Waals surface area contributed by atoms with E-state index in [1.54, 1.807) is 0 Å². The normalized spacial score (nSPS) is 27.1. The molecule has 1 heterocycles. The standard InChI is InChI=1S/C15H15BrF2N2O2S/c16-10-5-9(11(17)6-12(10)18)15-4-2-1-3-8(15)7-23-13(20-15)19-14(21)22/h5-6,8H,1-4,7H2,(H,19,20)(H,21,22)/t8-,15-/m0/s1. The van der Waals surface area contributed by atoms with Crippen molar-refractivity contribution < 1.29 is 18.7 Å². The van der Waals surface area contributed by atoms with Gasteiger partial charge >= 0.3 is 6.09 Å². The lowest BCUT2D eigenvalue weighted by atomic mass is 9.69. The summed E-state index contributed by atoms with van der Waals surface area (Å²) in [5.41, 5.74) is -0.498. The second-order valence-electron chi connectivity index (χ2n) is 5.77. The summed E-state index contributed by atoms with van der Waals surface area (Å²) in [5, 5.41) is 11.5. The first-order valence-electron chi connectivity index (χ1n) is 7.30. The Morgan fingerprint density at radius 2 is 2.17 bits per heavy atom. The fraction of sp³-hybridized carbons (Fsp3) is 0.467. The number of amides is 1. The second-order valence-corrected chi connectivity index (χ2v) is 7.63. The Hall–Kier alpha value is -1.15. The van der Waals surface area contributed by atoms with Gasteiger partial charge in [0.2, 0.25) is 0 Å². The Labute approximate surface area is 144 Å². The third kappa shape index (κ3) is 3.10. The van der Waals surface area contributed by atoms with Crippen LogP contribution in [0.4, 0.5) is 13.6 Å². The van der Waals surface area contributed by atoms with Gasteiger partial charge in [-0.15, -0.1) is 0 Å². The molecule has 1 aliphatic carbocycles. The van der Waals surface area contributed by atoms with Crippen molar-refractivity contribution in [3.8, 4) is 0 Å². The summed E-state index contributed by atoms with van der Waals surface area (Å²) in [6.07, 6.45) is 2.23. The summed E-state index contributed by atoms with van der Waals surface area (Å²) in [7, 11) is 0. The van der Waals surface area contributed by atoms with Gasteiger partial charge in [-0.3, -0.25) is 10.3 Å². The summed E-state index contributed by atoms with van der Waals surface area (Å²) < 4.78 is 28.3. The maximum atomic E-state index is 14.5. The summed E-state index contributed by atoms with van der Waals surface area (Å²) in [6, 6.07) is 2.31. The molecule has 4 nitrogen and oxygen atoms in total. The molecule has 124 valence electrons. The van der Waals surface area contributed by atoms with Crippen molar-refractivity contribution in [2.45, 2.75) is 31.2 Å². The molecule has 0 bridgehead atoms. The van der Waals surface area contributed by atoms with E-state index in [0.29, 0.717) is 17.7 Å². The number of aliphatic imine (C=N–C) groups is 1. The molecule has 8 heteroatoms. The number of rotatable bonds is 1. The number of halogens is 3. The fourth-order valence-electron chi connectivity index (χ4n) is 3.41. The van der Waals surface area contributed by atoms with Crippen LogP contribution in [-0.2, 0) is 5.54 Å². The smallest absolute Gasteiger partial charge is 0.410 e. The molecule has 1 amide bonds. The minimum absolute atomic E-state index is 0.104. The Bertz CT molecular complexity index is 686. The minimum Gasteiger partial charge on any atom is -0.465 e. The van der Waals surface area contributed by atoms with E-state index in [9.17, 15) is 13.6 Å². The molecule has 0 saturated heterocycles. The van der Waals surface area contributed by atoms with Crippen LogP contribution in [0.15, 0.2) is 21.6 Å². The molecule has 3 rings (SSSR count). The van der Waals surface area contributed by atoms with Crippen LogP contribution in [0.1, 0.15) is 31.2 Å². The average molecular weight is 405 g/mol. The molecule has 1 aromatic carbocycles. The van der Waals surface area contributed by atoms with Crippen LogP contribution in [0.3, 0.4) is 0 Å². The van der Waals surface area contributed by atoms with Gasteiger partial charge in [-0.25, -0.2) is 13.6 Å². The number of carbonyl (C=O) groups is 1. The highest BCUT2D eigenvalue weighted by molar-refractivity contribution is 9.10. The van der Waals surface area contributed by atoms with E-state index in [0.717, 1.165) is 25.3 Å². The molecular weight excluding hydrogens is 390 g/mol. The first-order chi connectivity index (χ1) is 10.9. The molecule has 2 N–H and O–H groups in total. The highest BCUT2D eigenvalue weighted by atomic mass is 79.9. The van der Waals surface area contributed by atoms with Gasteiger partial charge in [0.1, 0.15) is 11.6 Å². The van der Waals surface area contributed by atoms with Gasteiger partial charge in [-0.05, 0) is 40.8 Å². The van der Waals surface area contributed by atoms with E-state index in [-0.39, 0.29) is 15.6 Å². The fourth-order valence-corrected chi connectivity index (χ4v) is 4.95. The number of benzene rings is 1. The number of amidine groups is 1. The van der Waals surface area contributed by atoms with E-state index in [1.807, 2.05) is 0 Å². The zero-order valence-corrected chi connectivity index (χ0v) is 14.5. The number of fused-ring (bicyclic) bond motifs is 1. The van der Waals surface area contributed by atoms with Crippen LogP contribution < -0.4 is 5.32 Å². The van der Waals surface area contributed by atoms with Crippen molar-refractivity contribution in [2.75, 3.05) is 5.75 Å². The van der Waals surface area contributed by atoms with Crippen molar-refractivity contribution in [2.24, 2.45) is 10.9 Å². The first-order valence-corrected chi connectivity index (χ1v) is 9.08. The predicted molar refractivity (Wildman–Crippen MR) is 88.7 cm³/mol. The third-order valence-corrected chi connectivity index (χ3v) is 6.09. The highest BCUT2D eigenvalue weighted by Gasteiger charge is 2.46. The quantitative estimate of drug-likeness (QED) is 0.678. The van der Waals surface area contributed by atoms with Crippen LogP contribution in [0.2, 0.25) is 0 Å². The van der Waals surface area contributed by atoms with Gasteiger partial charge in [0.25, 0.3) is 0 Å². The molecule has 0 aromatic heterocycles. The monoisotopic (exact) mass is 404 g/mol. The van der Waals surface area contributed by atoms with Crippen LogP contribution in [-0.4, -0.2) is 22.1 Å². The van der Waals surface area contributed by atoms with E-state index in [1.165, 1.54) is 17.8 Å². The number of hydrogen-bond donors (Lipinski definition) is 2. The van der Waals surface area contributed by atoms with Crippen LogP contribution >= 0.6 is 27.7 Å². The Balaban J connectivity index is 2.12. The predicted octanol–water partition coefficient (Wildman–Crippen LogP) is 4.48. The maximum absolute atomic E-state index is 14.5. The van der Waals surface area contributed by atoms with Gasteiger partial charge in [0.15, 0.2) is 5.17 Å². The Morgan fingerprint density at radius 1 is 1.39 bits per heavy atom. The lowest BCUT2D eigenvalue weighted by Crippen LogP contribution is -2.44. The zero-order chi connectivity index (χ0) is 16.6. The first kappa shape index (κ1) is 16.7. The summed E-state index contributed by atoms with van der Waals surface area (Å²) >= 11 is 4.44. The summed E-state index contributed by atoms with van der Waals surface area (Å²) in [4.78, 5) is 15.5. The molecule has 2 aliphatic rings. The van der Waals surface area contributed by atoms with Crippen molar-refractivity contribution in [1.29, 1.82) is 0 Å². The van der Waals surface area contributed by atoms with E-state index in [4.69, 9.17) is 5.11 Å². The molecule has 1 saturated carbocycles. The lowest BCUT2D eigenvalue weighted by molar-refractivity contribution is 0.197. The number of nitrogens with one attached hydrogen (secondary N) is 1. The molecule has 1 aliphatic heterocycles. The molecule has 2 atom stereocenters. The van der Waals surface area contributed by atoms with Gasteiger partial charge in [-0.1, -0.05) is 24.6 Å². The molecule has 0 unspecified atom stereocenters. The minimum atomic E-state index is -1.19. The van der Waals surface area contributed by atoms with Gasteiger partial charge in [-0.2, -0.15) is 0 Å². The number of carboxylic acid groups (broad SMARTS) is 1. The molecule has 0 spiro atoms. The average Bonchev–Trinajstić information content (AvgIpc) is 2.50. The second kappa shape index (κ2) is 6.39. The molecule has 1 fully saturated rings. The SMILES string of the molecule is O=C(O)NC1=N[C@@]2(c3cc(Br)c(F)cc3F)CCCC[C@H]2CS1. The van der Waals surface area contributed by atoms with Crippen LogP contribution in [0.25, 0.3) is 0 Å². The Morgan fingerprint density at radius 3 is 2.91 bits per heavy atom. The summed E-state index contributed by atoms with van der Waals surface area (Å²) in [5.74, 6) is -0.531. The van der Waals surface area contributed by atoms with Gasteiger partial charge < -0.3 is 5.11 Å². The van der Waals surface area contributed by atoms with Crippen LogP contribution in [0, 0.1) is 17.6 Å². The maximum Gasteiger partial charge on any atom is 0.410 e. The number of nitrogens with zero attached hydrogens (tertiary/aromatic N) is 1. The molecule has 1 aromatic rings. The lowest BCUT2D eigenvalue weighted by Gasteiger charge is -2.44. The van der Waals surface area contributed by atoms with Crippen molar-refractivity contribution in [3.63, 3.8) is 0 Å². The van der Waals surface area contributed by atoms with E-state index < -0.39 is 23.3 Å². The van der Waals surface area contributed by atoms with Gasteiger partial charge in [0.05, 0.1) is 10.0 Å². The van der Waals surface area contributed by atoms with E-state index in [2.05, 4.69) is 26.2 Å². The molecule has 0 radical (unpaired) electrons. The third-order valence-electron chi connectivity index (χ3n) is 4.45. The van der Waals surface area contributed by atoms with Crippen molar-refractivity contribution in [1.82, 2.24) is 5.32 Å². The highest BCUT2D eigenvalue weighted by Crippen LogP contribution is 2.50.